The lowest BCUT2D eigenvalue weighted by Gasteiger charge is -2.32. The van der Waals surface area contributed by atoms with E-state index in [1.54, 1.807) is 0 Å². The summed E-state index contributed by atoms with van der Waals surface area (Å²) in [7, 11) is 0. The maximum Gasteiger partial charge on any atom is 0.0571 e. The second-order valence-corrected chi connectivity index (χ2v) is 4.33. The number of rotatable bonds is 3. The van der Waals surface area contributed by atoms with Gasteiger partial charge in [0.2, 0.25) is 0 Å². The Morgan fingerprint density at radius 1 is 1.20 bits per heavy atom. The number of piperidine rings is 1. The van der Waals surface area contributed by atoms with Crippen LogP contribution in [0.5, 0.6) is 0 Å². The minimum absolute atomic E-state index is 0.294. The molecule has 2 heteroatoms. The fourth-order valence-corrected chi connectivity index (χ4v) is 2.21. The first-order valence-electron chi connectivity index (χ1n) is 5.90. The molecule has 1 aliphatic rings. The molecule has 82 valence electrons. The second-order valence-electron chi connectivity index (χ2n) is 4.33. The maximum atomic E-state index is 6.07. The highest BCUT2D eigenvalue weighted by molar-refractivity contribution is 5.14. The molecule has 0 spiro atoms. The third-order valence-corrected chi connectivity index (χ3v) is 3.19. The summed E-state index contributed by atoms with van der Waals surface area (Å²) in [4.78, 5) is 2.41. The summed E-state index contributed by atoms with van der Waals surface area (Å²) in [6.45, 7) is 2.28. The minimum Gasteiger partial charge on any atom is -0.316 e. The van der Waals surface area contributed by atoms with Crippen molar-refractivity contribution in [2.24, 2.45) is 5.73 Å². The molecule has 1 unspecified atom stereocenters. The van der Waals surface area contributed by atoms with Crippen LogP contribution < -0.4 is 5.73 Å². The van der Waals surface area contributed by atoms with Crippen LogP contribution in [0.25, 0.3) is 0 Å². The van der Waals surface area contributed by atoms with Gasteiger partial charge in [0.05, 0.1) is 6.17 Å². The molecule has 0 bridgehead atoms. The molecule has 0 aromatic heterocycles. The molecule has 2 N–H and O–H groups in total. The van der Waals surface area contributed by atoms with Crippen LogP contribution in [0.3, 0.4) is 0 Å². The van der Waals surface area contributed by atoms with Crippen molar-refractivity contribution < 1.29 is 0 Å². The van der Waals surface area contributed by atoms with Gasteiger partial charge < -0.3 is 5.73 Å². The predicted molar refractivity (Wildman–Crippen MR) is 63.5 cm³/mol. The summed E-state index contributed by atoms with van der Waals surface area (Å²) >= 11 is 0. The monoisotopic (exact) mass is 204 g/mol. The first kappa shape index (κ1) is 10.7. The van der Waals surface area contributed by atoms with Gasteiger partial charge in [-0.05, 0) is 37.8 Å². The van der Waals surface area contributed by atoms with E-state index in [1.165, 1.54) is 24.9 Å². The fourth-order valence-electron chi connectivity index (χ4n) is 2.21. The molecule has 2 rings (SSSR count). The molecule has 0 saturated carbocycles. The average Bonchev–Trinajstić information content (AvgIpc) is 2.29. The molecule has 0 amide bonds. The zero-order valence-electron chi connectivity index (χ0n) is 9.23. The zero-order valence-corrected chi connectivity index (χ0v) is 9.23. The summed E-state index contributed by atoms with van der Waals surface area (Å²) in [5.74, 6) is 0. The molecule has 1 aromatic carbocycles. The van der Waals surface area contributed by atoms with E-state index in [0.717, 1.165) is 19.4 Å². The maximum absolute atomic E-state index is 6.07. The van der Waals surface area contributed by atoms with Crippen molar-refractivity contribution in [2.45, 2.75) is 31.8 Å². The van der Waals surface area contributed by atoms with E-state index in [4.69, 9.17) is 5.73 Å². The lowest BCUT2D eigenvalue weighted by molar-refractivity contribution is 0.154. The second kappa shape index (κ2) is 5.29. The van der Waals surface area contributed by atoms with Crippen molar-refractivity contribution in [1.82, 2.24) is 4.90 Å². The molecule has 1 atom stereocenters. The van der Waals surface area contributed by atoms with Gasteiger partial charge in [0, 0.05) is 6.54 Å². The van der Waals surface area contributed by atoms with Crippen LogP contribution in [0, 0.1) is 0 Å². The molecule has 0 aliphatic carbocycles. The summed E-state index contributed by atoms with van der Waals surface area (Å²) in [5.41, 5.74) is 7.48. The molecule has 0 radical (unpaired) electrons. The van der Waals surface area contributed by atoms with Crippen molar-refractivity contribution in [3.05, 3.63) is 35.9 Å². The van der Waals surface area contributed by atoms with Crippen molar-refractivity contribution in [3.63, 3.8) is 0 Å². The molecule has 2 nitrogen and oxygen atoms in total. The minimum atomic E-state index is 0.294. The van der Waals surface area contributed by atoms with E-state index in [0.29, 0.717) is 6.17 Å². The summed E-state index contributed by atoms with van der Waals surface area (Å²) < 4.78 is 0. The van der Waals surface area contributed by atoms with Gasteiger partial charge >= 0.3 is 0 Å². The van der Waals surface area contributed by atoms with Gasteiger partial charge in [-0.2, -0.15) is 0 Å². The Morgan fingerprint density at radius 2 is 2.00 bits per heavy atom. The Bertz CT molecular complexity index is 284. The van der Waals surface area contributed by atoms with E-state index in [2.05, 4.69) is 35.2 Å². The van der Waals surface area contributed by atoms with E-state index in [9.17, 15) is 0 Å². The van der Waals surface area contributed by atoms with Crippen LogP contribution in [0.15, 0.2) is 30.3 Å². The molecular formula is C13H20N2. The highest BCUT2D eigenvalue weighted by atomic mass is 15.2. The van der Waals surface area contributed by atoms with Gasteiger partial charge in [-0.15, -0.1) is 0 Å². The first-order chi connectivity index (χ1) is 7.36. The van der Waals surface area contributed by atoms with Gasteiger partial charge in [0.25, 0.3) is 0 Å². The van der Waals surface area contributed by atoms with E-state index < -0.39 is 0 Å². The van der Waals surface area contributed by atoms with Crippen LogP contribution in [0.1, 0.15) is 24.8 Å². The van der Waals surface area contributed by atoms with Gasteiger partial charge in [0.15, 0.2) is 0 Å². The third-order valence-electron chi connectivity index (χ3n) is 3.19. The van der Waals surface area contributed by atoms with Crippen LogP contribution in [-0.4, -0.2) is 24.2 Å². The number of likely N-dealkylation sites (tertiary alicyclic amines) is 1. The Morgan fingerprint density at radius 3 is 2.73 bits per heavy atom. The topological polar surface area (TPSA) is 29.3 Å². The molecule has 1 aliphatic heterocycles. The molecule has 1 aromatic rings. The van der Waals surface area contributed by atoms with E-state index in [-0.39, 0.29) is 0 Å². The van der Waals surface area contributed by atoms with E-state index in [1.807, 2.05) is 0 Å². The lowest BCUT2D eigenvalue weighted by Crippen LogP contribution is -2.46. The van der Waals surface area contributed by atoms with Gasteiger partial charge in [-0.3, -0.25) is 4.90 Å². The predicted octanol–water partition coefficient (Wildman–Crippen LogP) is 2.00. The van der Waals surface area contributed by atoms with Crippen molar-refractivity contribution >= 4 is 0 Å². The van der Waals surface area contributed by atoms with Crippen LogP contribution >= 0.6 is 0 Å². The van der Waals surface area contributed by atoms with Gasteiger partial charge in [0.1, 0.15) is 0 Å². The average molecular weight is 204 g/mol. The van der Waals surface area contributed by atoms with Gasteiger partial charge in [-0.1, -0.05) is 30.3 Å². The Kier molecular flexibility index (Phi) is 3.75. The summed E-state index contributed by atoms with van der Waals surface area (Å²) in [6.07, 6.45) is 5.18. The molecule has 15 heavy (non-hydrogen) atoms. The molecule has 1 heterocycles. The van der Waals surface area contributed by atoms with E-state index >= 15 is 0 Å². The normalized spacial score (nSPS) is 22.9. The number of nitrogens with zero attached hydrogens (tertiary/aromatic N) is 1. The van der Waals surface area contributed by atoms with Crippen LogP contribution in [0.2, 0.25) is 0 Å². The largest absolute Gasteiger partial charge is 0.316 e. The Labute approximate surface area is 92.1 Å². The van der Waals surface area contributed by atoms with Crippen molar-refractivity contribution in [3.8, 4) is 0 Å². The third kappa shape index (κ3) is 3.05. The Balaban J connectivity index is 1.82. The molecule has 1 fully saturated rings. The van der Waals surface area contributed by atoms with Crippen molar-refractivity contribution in [1.29, 1.82) is 0 Å². The number of hydrogen-bond acceptors (Lipinski definition) is 2. The standard InChI is InChI=1S/C13H20N2/c14-13-8-4-5-10-15(13)11-9-12-6-2-1-3-7-12/h1-3,6-7,13H,4-5,8-11,14H2. The quantitative estimate of drug-likeness (QED) is 0.816. The SMILES string of the molecule is NC1CCCCN1CCc1ccccc1. The summed E-state index contributed by atoms with van der Waals surface area (Å²) in [5, 5.41) is 0. The highest BCUT2D eigenvalue weighted by Gasteiger charge is 2.17. The number of benzene rings is 1. The first-order valence-corrected chi connectivity index (χ1v) is 5.90. The zero-order chi connectivity index (χ0) is 10.5. The van der Waals surface area contributed by atoms with Crippen LogP contribution in [-0.2, 0) is 6.42 Å². The summed E-state index contributed by atoms with van der Waals surface area (Å²) in [6, 6.07) is 10.7. The molecule has 1 saturated heterocycles. The van der Waals surface area contributed by atoms with Crippen LogP contribution in [0.4, 0.5) is 0 Å². The van der Waals surface area contributed by atoms with Gasteiger partial charge in [-0.25, -0.2) is 0 Å². The fraction of sp³-hybridized carbons (Fsp3) is 0.538. The number of nitrogens with two attached hydrogens (primary N) is 1. The molecular weight excluding hydrogens is 184 g/mol. The smallest absolute Gasteiger partial charge is 0.0571 e. The number of hydrogen-bond donors (Lipinski definition) is 1. The highest BCUT2D eigenvalue weighted by Crippen LogP contribution is 2.13. The van der Waals surface area contributed by atoms with Crippen molar-refractivity contribution in [2.75, 3.05) is 13.1 Å². The lowest BCUT2D eigenvalue weighted by atomic mass is 10.1. The Hall–Kier alpha value is -0.860.